The average Bonchev–Trinajstić information content (AvgIpc) is 3.60. The van der Waals surface area contributed by atoms with Gasteiger partial charge in [0, 0.05) is 44.3 Å². The summed E-state index contributed by atoms with van der Waals surface area (Å²) in [5, 5.41) is 8.43. The van der Waals surface area contributed by atoms with Crippen molar-refractivity contribution in [1.82, 2.24) is 24.2 Å². The second-order valence-corrected chi connectivity index (χ2v) is 9.92. The van der Waals surface area contributed by atoms with Crippen LogP contribution < -0.4 is 10.2 Å². The Kier molecular flexibility index (Phi) is 6.48. The highest BCUT2D eigenvalue weighted by Gasteiger charge is 2.32. The molecule has 4 heterocycles. The van der Waals surface area contributed by atoms with Crippen LogP contribution in [0.15, 0.2) is 18.3 Å². The number of piperidine rings is 2. The average molecular weight is 476 g/mol. The maximum absolute atomic E-state index is 12.6. The number of halogens is 1. The molecule has 5 rings (SSSR count). The molecule has 1 saturated carbocycles. The highest BCUT2D eigenvalue weighted by atomic mass is 35.5. The molecular weight excluding hydrogens is 446 g/mol. The summed E-state index contributed by atoms with van der Waals surface area (Å²) in [6.07, 6.45) is 9.33. The van der Waals surface area contributed by atoms with Crippen LogP contribution >= 0.6 is 23.8 Å². The Morgan fingerprint density at radius 1 is 1.09 bits per heavy atom. The molecule has 2 aromatic heterocycles. The number of nitrogens with zero attached hydrogens (tertiary/aromatic N) is 6. The fourth-order valence-corrected chi connectivity index (χ4v) is 5.11. The van der Waals surface area contributed by atoms with Crippen molar-refractivity contribution >= 4 is 41.5 Å². The molecule has 0 atom stereocenters. The van der Waals surface area contributed by atoms with E-state index in [0.717, 1.165) is 49.7 Å². The molecule has 0 aromatic carbocycles. The molecule has 2 aromatic rings. The first kappa shape index (κ1) is 21.9. The monoisotopic (exact) mass is 475 g/mol. The van der Waals surface area contributed by atoms with E-state index in [1.165, 1.54) is 32.1 Å². The molecular formula is C22H30ClN7OS. The van der Waals surface area contributed by atoms with E-state index < -0.39 is 0 Å². The lowest BCUT2D eigenvalue weighted by atomic mass is 9.96. The van der Waals surface area contributed by atoms with Crippen LogP contribution in [0.2, 0.25) is 5.02 Å². The molecule has 1 amide bonds. The smallest absolute Gasteiger partial charge is 0.228 e. The number of nitrogens with one attached hydrogen (secondary N) is 1. The molecule has 32 heavy (non-hydrogen) atoms. The quantitative estimate of drug-likeness (QED) is 0.634. The van der Waals surface area contributed by atoms with Gasteiger partial charge in [-0.15, -0.1) is 5.10 Å². The van der Waals surface area contributed by atoms with Crippen LogP contribution in [0, 0.1) is 10.7 Å². The van der Waals surface area contributed by atoms with Crippen molar-refractivity contribution in [3.8, 4) is 0 Å². The summed E-state index contributed by atoms with van der Waals surface area (Å²) >= 11 is 11.7. The first-order valence-electron chi connectivity index (χ1n) is 11.7. The third-order valence-electron chi connectivity index (χ3n) is 6.67. The van der Waals surface area contributed by atoms with Crippen LogP contribution in [0.25, 0.3) is 0 Å². The molecule has 0 bridgehead atoms. The summed E-state index contributed by atoms with van der Waals surface area (Å²) in [4.78, 5) is 21.6. The summed E-state index contributed by atoms with van der Waals surface area (Å²) < 4.78 is 5.12. The van der Waals surface area contributed by atoms with Crippen molar-refractivity contribution in [2.75, 3.05) is 36.4 Å². The van der Waals surface area contributed by atoms with Gasteiger partial charge in [0.25, 0.3) is 0 Å². The molecule has 3 fully saturated rings. The van der Waals surface area contributed by atoms with Crippen LogP contribution in [-0.4, -0.2) is 56.3 Å². The zero-order valence-corrected chi connectivity index (χ0v) is 19.8. The van der Waals surface area contributed by atoms with Gasteiger partial charge in [-0.25, -0.2) is 9.67 Å². The van der Waals surface area contributed by atoms with Gasteiger partial charge in [0.1, 0.15) is 5.82 Å². The Balaban J connectivity index is 1.20. The van der Waals surface area contributed by atoms with Gasteiger partial charge in [0.15, 0.2) is 0 Å². The fourth-order valence-electron chi connectivity index (χ4n) is 4.67. The predicted molar refractivity (Wildman–Crippen MR) is 128 cm³/mol. The lowest BCUT2D eigenvalue weighted by molar-refractivity contribution is -0.121. The number of hydrogen-bond donors (Lipinski definition) is 1. The first-order chi connectivity index (χ1) is 15.6. The van der Waals surface area contributed by atoms with E-state index in [9.17, 15) is 4.79 Å². The Morgan fingerprint density at radius 3 is 2.50 bits per heavy atom. The minimum atomic E-state index is -0.00960. The largest absolute Gasteiger partial charge is 0.341 e. The zero-order chi connectivity index (χ0) is 22.1. The maximum atomic E-state index is 12.6. The minimum absolute atomic E-state index is 0.00960. The number of amides is 1. The van der Waals surface area contributed by atoms with Crippen LogP contribution in [-0.2, 0) is 11.5 Å². The summed E-state index contributed by atoms with van der Waals surface area (Å²) in [5.74, 6) is 1.62. The summed E-state index contributed by atoms with van der Waals surface area (Å²) in [6.45, 7) is 4.53. The van der Waals surface area contributed by atoms with Crippen molar-refractivity contribution in [2.45, 2.75) is 57.7 Å². The number of hydrogen-bond acceptors (Lipinski definition) is 6. The molecule has 0 radical (unpaired) electrons. The van der Waals surface area contributed by atoms with Crippen LogP contribution in [0.4, 0.5) is 11.8 Å². The maximum Gasteiger partial charge on any atom is 0.228 e. The standard InChI is InChI=1S/C22H30ClN7OS/c23-17-4-7-19(24-14-17)25-20(31)16-8-12-27(13-9-16)15-29-22(32)30(18-5-6-18)21(26-29)28-10-2-1-3-11-28/h4,7,14,16,18H,1-3,5-6,8-13,15H2,(H,24,25,31). The molecule has 8 nitrogen and oxygen atoms in total. The normalized spacial score (nSPS) is 20.5. The molecule has 0 spiro atoms. The fraction of sp³-hybridized carbons (Fsp3) is 0.636. The third kappa shape index (κ3) is 4.84. The minimum Gasteiger partial charge on any atom is -0.341 e. The van der Waals surface area contributed by atoms with Gasteiger partial charge in [-0.2, -0.15) is 0 Å². The van der Waals surface area contributed by atoms with Crippen molar-refractivity contribution in [1.29, 1.82) is 0 Å². The number of carbonyl (C=O) groups is 1. The summed E-state index contributed by atoms with van der Waals surface area (Å²) in [7, 11) is 0. The van der Waals surface area contributed by atoms with Crippen molar-refractivity contribution < 1.29 is 4.79 Å². The van der Waals surface area contributed by atoms with Crippen molar-refractivity contribution in [3.05, 3.63) is 28.1 Å². The molecule has 10 heteroatoms. The second-order valence-electron chi connectivity index (χ2n) is 9.12. The highest BCUT2D eigenvalue weighted by Crippen LogP contribution is 2.38. The number of carbonyl (C=O) groups excluding carboxylic acids is 1. The van der Waals surface area contributed by atoms with E-state index in [1.807, 2.05) is 4.68 Å². The third-order valence-corrected chi connectivity index (χ3v) is 7.31. The van der Waals surface area contributed by atoms with E-state index in [1.54, 1.807) is 18.3 Å². The topological polar surface area (TPSA) is 71.2 Å². The lowest BCUT2D eigenvalue weighted by Crippen LogP contribution is -2.39. The molecule has 1 N–H and O–H groups in total. The van der Waals surface area contributed by atoms with E-state index in [-0.39, 0.29) is 11.8 Å². The molecule has 1 aliphatic carbocycles. The van der Waals surface area contributed by atoms with Crippen LogP contribution in [0.3, 0.4) is 0 Å². The van der Waals surface area contributed by atoms with Gasteiger partial charge >= 0.3 is 0 Å². The summed E-state index contributed by atoms with van der Waals surface area (Å²) in [5.41, 5.74) is 0. The second kappa shape index (κ2) is 9.49. The number of likely N-dealkylation sites (tertiary alicyclic amines) is 1. The zero-order valence-electron chi connectivity index (χ0n) is 18.2. The number of anilines is 2. The van der Waals surface area contributed by atoms with Crippen LogP contribution in [0.5, 0.6) is 0 Å². The molecule has 2 aliphatic heterocycles. The molecule has 172 valence electrons. The Morgan fingerprint density at radius 2 is 1.84 bits per heavy atom. The highest BCUT2D eigenvalue weighted by molar-refractivity contribution is 7.71. The van der Waals surface area contributed by atoms with E-state index in [0.29, 0.717) is 23.6 Å². The van der Waals surface area contributed by atoms with E-state index >= 15 is 0 Å². The van der Waals surface area contributed by atoms with Gasteiger partial charge in [0.05, 0.1) is 11.7 Å². The Labute approximate surface area is 198 Å². The van der Waals surface area contributed by atoms with Gasteiger partial charge in [-0.3, -0.25) is 14.3 Å². The molecule has 2 saturated heterocycles. The van der Waals surface area contributed by atoms with Gasteiger partial charge in [0.2, 0.25) is 16.6 Å². The SMILES string of the molecule is O=C(Nc1ccc(Cl)cn1)C1CCN(Cn2nc(N3CCCCC3)n(C3CC3)c2=S)CC1. The van der Waals surface area contributed by atoms with E-state index in [2.05, 4.69) is 24.7 Å². The predicted octanol–water partition coefficient (Wildman–Crippen LogP) is 4.10. The van der Waals surface area contributed by atoms with Gasteiger partial charge in [-0.05, 0) is 69.3 Å². The number of rotatable bonds is 6. The Hall–Kier alpha value is -1.97. The lowest BCUT2D eigenvalue weighted by Gasteiger charge is -2.30. The van der Waals surface area contributed by atoms with E-state index in [4.69, 9.17) is 28.9 Å². The van der Waals surface area contributed by atoms with Gasteiger partial charge < -0.3 is 10.2 Å². The van der Waals surface area contributed by atoms with Crippen molar-refractivity contribution in [2.24, 2.45) is 5.92 Å². The summed E-state index contributed by atoms with van der Waals surface area (Å²) in [6, 6.07) is 3.98. The molecule has 3 aliphatic rings. The molecule has 0 unspecified atom stereocenters. The Bertz CT molecular complexity index is 1000. The van der Waals surface area contributed by atoms with Crippen LogP contribution in [0.1, 0.15) is 51.0 Å². The first-order valence-corrected chi connectivity index (χ1v) is 12.5. The van der Waals surface area contributed by atoms with Crippen molar-refractivity contribution in [3.63, 3.8) is 0 Å². The number of pyridine rings is 1. The number of aromatic nitrogens is 4. The van der Waals surface area contributed by atoms with Gasteiger partial charge in [-0.1, -0.05) is 11.6 Å².